The van der Waals surface area contributed by atoms with Gasteiger partial charge in [0.15, 0.2) is 6.10 Å². The number of hydrogen-bond acceptors (Lipinski definition) is 7. The van der Waals surface area contributed by atoms with Crippen molar-refractivity contribution in [2.75, 3.05) is 47.5 Å². The number of quaternary nitrogens is 1. The zero-order chi connectivity index (χ0) is 46.3. The van der Waals surface area contributed by atoms with Crippen LogP contribution in [0.3, 0.4) is 0 Å². The number of nitrogens with zero attached hydrogens (tertiary/aromatic N) is 1. The summed E-state index contributed by atoms with van der Waals surface area (Å²) >= 11 is 0. The third-order valence-electron chi connectivity index (χ3n) is 10.8. The zero-order valence-electron chi connectivity index (χ0n) is 41.2. The fourth-order valence-electron chi connectivity index (χ4n) is 6.82. The van der Waals surface area contributed by atoms with Crippen LogP contribution in [0.2, 0.25) is 0 Å². The molecule has 0 aliphatic heterocycles. The molecule has 0 heterocycles. The van der Waals surface area contributed by atoms with Crippen LogP contribution in [0.5, 0.6) is 0 Å². The number of ether oxygens (including phenoxy) is 4. The second kappa shape index (κ2) is 45.6. The van der Waals surface area contributed by atoms with Crippen molar-refractivity contribution >= 4 is 17.9 Å². The molecule has 2 atom stereocenters. The summed E-state index contributed by atoms with van der Waals surface area (Å²) in [6.07, 6.45) is 52.8. The molecule has 364 valence electrons. The number of hydrogen-bond donors (Lipinski definition) is 1. The lowest BCUT2D eigenvalue weighted by Crippen LogP contribution is -2.40. The van der Waals surface area contributed by atoms with Gasteiger partial charge < -0.3 is 28.5 Å². The van der Waals surface area contributed by atoms with Crippen molar-refractivity contribution in [3.8, 4) is 0 Å². The first-order valence-corrected chi connectivity index (χ1v) is 25.5. The summed E-state index contributed by atoms with van der Waals surface area (Å²) < 4.78 is 22.8. The standard InChI is InChI=1S/C54H95NO8/c1-6-8-10-12-14-16-18-20-22-23-24-25-26-27-28-29-31-32-34-36-38-40-42-44-51(56)61-48-50(49-62-54(53(58)59)60-47-46-55(3,4)5)63-52(57)45-43-41-39-37-35-33-30-21-19-17-15-13-11-9-7-2/h9,11,15,17-18,20-21,23-24,30,50,54H,6-8,10,12-14,16,19,22,25-29,31-49H2,1-5H3/p+1/b11-9-,17-15-,20-18-,24-23-,30-21-. The van der Waals surface area contributed by atoms with E-state index in [1.165, 1.54) is 96.3 Å². The number of likely N-dealkylation sites (N-methyl/N-ethyl adjacent to an activating group) is 1. The van der Waals surface area contributed by atoms with E-state index in [0.717, 1.165) is 77.0 Å². The number of carbonyl (C=O) groups excluding carboxylic acids is 2. The quantitative estimate of drug-likeness (QED) is 0.0212. The molecular formula is C54H96NO8+. The molecule has 9 nitrogen and oxygen atoms in total. The van der Waals surface area contributed by atoms with Gasteiger partial charge in [-0.2, -0.15) is 0 Å². The monoisotopic (exact) mass is 887 g/mol. The minimum absolute atomic E-state index is 0.182. The van der Waals surface area contributed by atoms with Crippen LogP contribution in [0.1, 0.15) is 206 Å². The predicted molar refractivity (Wildman–Crippen MR) is 263 cm³/mol. The van der Waals surface area contributed by atoms with Gasteiger partial charge in [-0.05, 0) is 77.0 Å². The Hall–Kier alpha value is -3.01. The lowest BCUT2D eigenvalue weighted by atomic mass is 10.0. The van der Waals surface area contributed by atoms with E-state index in [2.05, 4.69) is 74.6 Å². The van der Waals surface area contributed by atoms with E-state index in [9.17, 15) is 19.5 Å². The Morgan fingerprint density at radius 2 is 0.905 bits per heavy atom. The number of carbonyl (C=O) groups is 3. The molecule has 0 aliphatic rings. The van der Waals surface area contributed by atoms with E-state index in [4.69, 9.17) is 18.9 Å². The Morgan fingerprint density at radius 1 is 0.492 bits per heavy atom. The van der Waals surface area contributed by atoms with E-state index in [1.54, 1.807) is 0 Å². The van der Waals surface area contributed by atoms with Gasteiger partial charge in [-0.1, -0.05) is 177 Å². The van der Waals surface area contributed by atoms with Crippen molar-refractivity contribution in [2.24, 2.45) is 0 Å². The Balaban J connectivity index is 4.32. The van der Waals surface area contributed by atoms with Gasteiger partial charge in [-0.25, -0.2) is 4.79 Å². The summed E-state index contributed by atoms with van der Waals surface area (Å²) in [5, 5.41) is 9.66. The van der Waals surface area contributed by atoms with Gasteiger partial charge >= 0.3 is 17.9 Å². The average molecular weight is 887 g/mol. The Labute approximate surface area is 386 Å². The maximum absolute atomic E-state index is 12.8. The van der Waals surface area contributed by atoms with Crippen molar-refractivity contribution in [3.05, 3.63) is 60.8 Å². The molecule has 2 unspecified atom stereocenters. The number of carboxylic acids is 1. The second-order valence-corrected chi connectivity index (χ2v) is 18.1. The summed E-state index contributed by atoms with van der Waals surface area (Å²) in [6.45, 7) is 4.73. The molecule has 1 N–H and O–H groups in total. The molecule has 0 aromatic carbocycles. The highest BCUT2D eigenvalue weighted by Crippen LogP contribution is 2.15. The molecule has 0 rings (SSSR count). The van der Waals surface area contributed by atoms with Gasteiger partial charge in [0, 0.05) is 12.8 Å². The smallest absolute Gasteiger partial charge is 0.361 e. The largest absolute Gasteiger partial charge is 0.477 e. The molecule has 0 fully saturated rings. The summed E-state index contributed by atoms with van der Waals surface area (Å²) in [4.78, 5) is 37.2. The molecule has 0 bridgehead atoms. The van der Waals surface area contributed by atoms with Crippen LogP contribution in [-0.2, 0) is 33.3 Å². The minimum atomic E-state index is -1.52. The molecule has 63 heavy (non-hydrogen) atoms. The van der Waals surface area contributed by atoms with Crippen LogP contribution in [0.25, 0.3) is 0 Å². The van der Waals surface area contributed by atoms with Gasteiger partial charge in [0.1, 0.15) is 13.2 Å². The van der Waals surface area contributed by atoms with E-state index in [0.29, 0.717) is 23.9 Å². The molecule has 0 radical (unpaired) electrons. The van der Waals surface area contributed by atoms with Crippen molar-refractivity contribution in [2.45, 2.75) is 219 Å². The third kappa shape index (κ3) is 46.8. The molecule has 0 aromatic rings. The van der Waals surface area contributed by atoms with Crippen LogP contribution in [0.4, 0.5) is 0 Å². The first kappa shape index (κ1) is 60.0. The highest BCUT2D eigenvalue weighted by molar-refractivity contribution is 5.71. The Bertz CT molecular complexity index is 1220. The van der Waals surface area contributed by atoms with Crippen LogP contribution >= 0.6 is 0 Å². The fourth-order valence-corrected chi connectivity index (χ4v) is 6.82. The summed E-state index contributed by atoms with van der Waals surface area (Å²) in [6, 6.07) is 0. The number of allylic oxidation sites excluding steroid dienone is 10. The normalized spacial score (nSPS) is 13.3. The lowest BCUT2D eigenvalue weighted by molar-refractivity contribution is -0.870. The van der Waals surface area contributed by atoms with Gasteiger partial charge in [0.2, 0.25) is 0 Å². The fraction of sp³-hybridized carbons (Fsp3) is 0.759. The van der Waals surface area contributed by atoms with Crippen LogP contribution in [0, 0.1) is 0 Å². The van der Waals surface area contributed by atoms with Crippen molar-refractivity contribution in [1.82, 2.24) is 0 Å². The molecule has 0 aliphatic carbocycles. The molecule has 0 saturated heterocycles. The van der Waals surface area contributed by atoms with Gasteiger partial charge in [0.05, 0.1) is 34.4 Å². The summed E-state index contributed by atoms with van der Waals surface area (Å²) in [5.74, 6) is -2.03. The van der Waals surface area contributed by atoms with Gasteiger partial charge in [-0.3, -0.25) is 9.59 Å². The van der Waals surface area contributed by atoms with E-state index in [-0.39, 0.29) is 32.2 Å². The highest BCUT2D eigenvalue weighted by atomic mass is 16.7. The van der Waals surface area contributed by atoms with E-state index < -0.39 is 24.3 Å². The number of aliphatic carboxylic acids is 1. The van der Waals surface area contributed by atoms with Crippen molar-refractivity contribution in [3.63, 3.8) is 0 Å². The summed E-state index contributed by atoms with van der Waals surface area (Å²) in [5.41, 5.74) is 0. The predicted octanol–water partition coefficient (Wildman–Crippen LogP) is 14.1. The van der Waals surface area contributed by atoms with Crippen molar-refractivity contribution in [1.29, 1.82) is 0 Å². The maximum Gasteiger partial charge on any atom is 0.361 e. The molecule has 0 spiro atoms. The van der Waals surface area contributed by atoms with Crippen LogP contribution < -0.4 is 0 Å². The van der Waals surface area contributed by atoms with E-state index in [1.807, 2.05) is 21.1 Å². The first-order chi connectivity index (χ1) is 30.6. The van der Waals surface area contributed by atoms with Crippen molar-refractivity contribution < 1.29 is 42.9 Å². The second-order valence-electron chi connectivity index (χ2n) is 18.1. The number of unbranched alkanes of at least 4 members (excludes halogenated alkanes) is 21. The number of rotatable bonds is 46. The SMILES string of the molecule is CC/C=C\C/C=C\C/C=C\CCCCCCCC(=O)OC(COC(=O)CCCCCCCCCCCCC/C=C\C/C=C\CCCCCCC)COC(OCC[N+](C)(C)C)C(=O)O. The average Bonchev–Trinajstić information content (AvgIpc) is 3.24. The Kier molecular flexibility index (Phi) is 43.4. The first-order valence-electron chi connectivity index (χ1n) is 25.5. The zero-order valence-corrected chi connectivity index (χ0v) is 41.2. The molecular weight excluding hydrogens is 791 g/mol. The minimum Gasteiger partial charge on any atom is -0.477 e. The highest BCUT2D eigenvalue weighted by Gasteiger charge is 2.25. The Morgan fingerprint density at radius 3 is 1.35 bits per heavy atom. The van der Waals surface area contributed by atoms with Gasteiger partial charge in [-0.15, -0.1) is 0 Å². The maximum atomic E-state index is 12.8. The third-order valence-corrected chi connectivity index (χ3v) is 10.8. The van der Waals surface area contributed by atoms with Crippen LogP contribution in [0.15, 0.2) is 60.8 Å². The number of esters is 2. The molecule has 0 saturated carbocycles. The topological polar surface area (TPSA) is 108 Å². The molecule has 0 amide bonds. The van der Waals surface area contributed by atoms with Crippen LogP contribution in [-0.4, -0.2) is 87.4 Å². The molecule has 9 heteroatoms. The summed E-state index contributed by atoms with van der Waals surface area (Å²) in [7, 11) is 5.95. The molecule has 0 aromatic heterocycles. The number of carboxylic acid groups (broad SMARTS) is 1. The van der Waals surface area contributed by atoms with E-state index >= 15 is 0 Å². The van der Waals surface area contributed by atoms with Gasteiger partial charge in [0.25, 0.3) is 6.29 Å². The lowest BCUT2D eigenvalue weighted by Gasteiger charge is -2.25.